The highest BCUT2D eigenvalue weighted by Crippen LogP contribution is 2.76. The van der Waals surface area contributed by atoms with E-state index in [-0.39, 0.29) is 41.6 Å². The van der Waals surface area contributed by atoms with Crippen molar-refractivity contribution in [2.45, 2.75) is 180 Å². The van der Waals surface area contributed by atoms with Gasteiger partial charge in [0.2, 0.25) is 6.29 Å². The van der Waals surface area contributed by atoms with Gasteiger partial charge in [0.05, 0.1) is 29.6 Å². The lowest BCUT2D eigenvalue weighted by molar-refractivity contribution is -0.324. The predicted molar refractivity (Wildman–Crippen MR) is 198 cm³/mol. The first kappa shape index (κ1) is 42.4. The van der Waals surface area contributed by atoms with Crippen LogP contribution in [0.4, 0.5) is 0 Å². The summed E-state index contributed by atoms with van der Waals surface area (Å²) in [4.78, 5) is 28.7. The number of aliphatic hydroxyl groups is 7. The topological polar surface area (TPSA) is 233 Å². The number of aliphatic hydroxyl groups excluding tert-OH is 7. The molecule has 2 aliphatic heterocycles. The fourth-order valence-electron chi connectivity index (χ4n) is 13.6. The van der Waals surface area contributed by atoms with Gasteiger partial charge in [-0.2, -0.15) is 0 Å². The molecule has 318 valence electrons. The Morgan fingerprint density at radius 3 is 2.07 bits per heavy atom. The maximum Gasteiger partial charge on any atom is 0.315 e. The number of carboxylic acid groups (broad SMARTS) is 1. The molecule has 14 heteroatoms. The van der Waals surface area contributed by atoms with Crippen LogP contribution in [-0.4, -0.2) is 127 Å². The highest BCUT2D eigenvalue weighted by molar-refractivity contribution is 5.85. The molecule has 5 aliphatic carbocycles. The van der Waals surface area contributed by atoms with Gasteiger partial charge in [-0.3, -0.25) is 9.59 Å². The average Bonchev–Trinajstić information content (AvgIpc) is 3.13. The fourth-order valence-corrected chi connectivity index (χ4v) is 13.6. The van der Waals surface area contributed by atoms with E-state index in [4.69, 9.17) is 18.9 Å². The molecule has 0 unspecified atom stereocenters. The molecule has 0 radical (unpaired) electrons. The number of aliphatic carboxylic acids is 1. The minimum atomic E-state index is -1.74. The Kier molecular flexibility index (Phi) is 10.8. The quantitative estimate of drug-likeness (QED) is 0.110. The fraction of sp³-hybridized carbons (Fsp3) is 0.905. The van der Waals surface area contributed by atoms with Crippen LogP contribution in [0.2, 0.25) is 0 Å². The van der Waals surface area contributed by atoms with Crippen LogP contribution in [-0.2, 0) is 28.5 Å². The van der Waals surface area contributed by atoms with Gasteiger partial charge in [-0.1, -0.05) is 53.2 Å². The zero-order chi connectivity index (χ0) is 41.1. The number of hydrogen-bond donors (Lipinski definition) is 8. The zero-order valence-corrected chi connectivity index (χ0v) is 34.0. The van der Waals surface area contributed by atoms with Crippen LogP contribution in [0, 0.1) is 50.2 Å². The summed E-state index contributed by atoms with van der Waals surface area (Å²) in [7, 11) is 0. The second-order valence-corrected chi connectivity index (χ2v) is 20.5. The van der Waals surface area contributed by atoms with Crippen LogP contribution in [0.15, 0.2) is 11.6 Å². The number of rotatable bonds is 6. The highest BCUT2D eigenvalue weighted by atomic mass is 16.7. The lowest BCUT2D eigenvalue weighted by Gasteiger charge is -2.70. The van der Waals surface area contributed by atoms with E-state index in [2.05, 4.69) is 47.6 Å². The first-order valence-electron chi connectivity index (χ1n) is 20.8. The molecule has 14 nitrogen and oxygen atoms in total. The van der Waals surface area contributed by atoms with E-state index in [0.29, 0.717) is 38.5 Å². The van der Waals surface area contributed by atoms with Gasteiger partial charge in [0.25, 0.3) is 0 Å². The molecule has 2 saturated heterocycles. The Morgan fingerprint density at radius 1 is 0.768 bits per heavy atom. The summed E-state index contributed by atoms with van der Waals surface area (Å²) in [6, 6.07) is 0. The molecule has 0 amide bonds. The van der Waals surface area contributed by atoms with Gasteiger partial charge >= 0.3 is 11.9 Å². The molecule has 0 spiro atoms. The molecule has 2 heterocycles. The summed E-state index contributed by atoms with van der Waals surface area (Å²) < 4.78 is 23.8. The van der Waals surface area contributed by atoms with Crippen molar-refractivity contribution in [2.75, 3.05) is 6.61 Å². The second-order valence-electron chi connectivity index (χ2n) is 20.5. The number of carbonyl (C=O) groups excluding carboxylic acids is 1. The van der Waals surface area contributed by atoms with E-state index >= 15 is 0 Å². The summed E-state index contributed by atoms with van der Waals surface area (Å²) in [6.45, 7) is 14.1. The number of fused-ring (bicyclic) bond motifs is 7. The number of allylic oxidation sites excluding steroid dienone is 1. The van der Waals surface area contributed by atoms with Crippen LogP contribution in [0.5, 0.6) is 0 Å². The van der Waals surface area contributed by atoms with E-state index < -0.39 is 108 Å². The smallest absolute Gasteiger partial charge is 0.315 e. The molecular formula is C42H66O14. The van der Waals surface area contributed by atoms with E-state index in [1.54, 1.807) is 6.92 Å². The maximum absolute atomic E-state index is 14.6. The Morgan fingerprint density at radius 2 is 1.41 bits per heavy atom. The molecule has 8 N–H and O–H groups in total. The van der Waals surface area contributed by atoms with Crippen molar-refractivity contribution < 1.29 is 69.4 Å². The molecule has 0 bridgehead atoms. The first-order chi connectivity index (χ1) is 26.0. The van der Waals surface area contributed by atoms with Gasteiger partial charge in [-0.25, -0.2) is 0 Å². The zero-order valence-electron chi connectivity index (χ0n) is 34.0. The standard InChI is InChI=1S/C42H66O14/c1-20-27(44)29(46)31(48)33(53-20)55-26-11-12-39(6)24(38(26,4)5)10-13-40(7)25(39)9-8-21-22-18-37(2,3)14-15-41(22,16-17-42(21,40)35(50)51)36(52)56-34-32(49)30(47)28(45)23(19-43)54-34/h8,20,22-34,43-49H,9-19H2,1-7H3,(H,50,51)/t20-,22+,23-,24-,25+,26+,27+,28+,29+,30-,31+,32-,33-,34+,39-,40-,41-,42+/m1/s1. The van der Waals surface area contributed by atoms with E-state index in [1.807, 2.05) is 0 Å². The Labute approximate surface area is 329 Å². The van der Waals surface area contributed by atoms with Crippen LogP contribution in [0.3, 0.4) is 0 Å². The van der Waals surface area contributed by atoms with E-state index in [9.17, 15) is 50.4 Å². The lowest BCUT2D eigenvalue weighted by atomic mass is 9.33. The Hall–Kier alpha value is -1.72. The third-order valence-electron chi connectivity index (χ3n) is 17.0. The van der Waals surface area contributed by atoms with Crippen molar-refractivity contribution in [1.29, 1.82) is 0 Å². The monoisotopic (exact) mass is 794 g/mol. The summed E-state index contributed by atoms with van der Waals surface area (Å²) >= 11 is 0. The molecule has 56 heavy (non-hydrogen) atoms. The molecule has 4 saturated carbocycles. The SMILES string of the molecule is C[C@H]1O[C@H](O[C@H]2CC[C@]3(C)[C@H](CC[C@]4(C)[C@H]3CC=C3[C@@H]5CC(C)(C)CC[C@@]5(C(=O)O[C@@H]5O[C@H](CO)[C@H](O)[C@@H](O)[C@H]5O)CC[C@@]34C(=O)O)C2(C)C)[C@@H](O)[C@@H](O)[C@H]1O. The molecular weight excluding hydrogens is 728 g/mol. The molecule has 7 aliphatic rings. The minimum absolute atomic E-state index is 0.00694. The van der Waals surface area contributed by atoms with E-state index in [0.717, 1.165) is 18.4 Å². The van der Waals surface area contributed by atoms with Gasteiger partial charge in [0.15, 0.2) is 6.29 Å². The van der Waals surface area contributed by atoms with Crippen LogP contribution in [0.25, 0.3) is 0 Å². The third-order valence-corrected chi connectivity index (χ3v) is 17.0. The van der Waals surface area contributed by atoms with Gasteiger partial charge in [-0.15, -0.1) is 0 Å². The van der Waals surface area contributed by atoms with Gasteiger partial charge in [0.1, 0.15) is 42.7 Å². The molecule has 0 aromatic heterocycles. The van der Waals surface area contributed by atoms with Gasteiger partial charge in [-0.05, 0) is 111 Å². The molecule has 0 aromatic carbocycles. The predicted octanol–water partition coefficient (Wildman–Crippen LogP) is 2.41. The van der Waals surface area contributed by atoms with Crippen molar-refractivity contribution in [3.63, 3.8) is 0 Å². The van der Waals surface area contributed by atoms with Crippen LogP contribution < -0.4 is 0 Å². The Balaban J connectivity index is 1.20. The molecule has 7 rings (SSSR count). The second kappa shape index (κ2) is 14.2. The average molecular weight is 795 g/mol. The maximum atomic E-state index is 14.6. The minimum Gasteiger partial charge on any atom is -0.481 e. The summed E-state index contributed by atoms with van der Waals surface area (Å²) in [5, 5.41) is 84.4. The summed E-state index contributed by atoms with van der Waals surface area (Å²) in [5.74, 6) is -1.85. The number of hydrogen-bond acceptors (Lipinski definition) is 13. The van der Waals surface area contributed by atoms with Crippen LogP contribution in [0.1, 0.15) is 113 Å². The van der Waals surface area contributed by atoms with Crippen molar-refractivity contribution in [3.05, 3.63) is 11.6 Å². The normalized spacial score (nSPS) is 52.3. The summed E-state index contributed by atoms with van der Waals surface area (Å²) in [6.07, 6.45) is -6.40. The Bertz CT molecular complexity index is 1560. The number of ether oxygens (including phenoxy) is 4. The number of esters is 1. The van der Waals surface area contributed by atoms with Crippen molar-refractivity contribution in [3.8, 4) is 0 Å². The molecule has 18 atom stereocenters. The number of carboxylic acids is 1. The third kappa shape index (κ3) is 6.01. The van der Waals surface area contributed by atoms with E-state index in [1.165, 1.54) is 0 Å². The van der Waals surface area contributed by atoms with Crippen molar-refractivity contribution >= 4 is 11.9 Å². The lowest BCUT2D eigenvalue weighted by Crippen LogP contribution is -2.68. The van der Waals surface area contributed by atoms with Crippen molar-refractivity contribution in [1.82, 2.24) is 0 Å². The van der Waals surface area contributed by atoms with Gasteiger partial charge < -0.3 is 59.8 Å². The van der Waals surface area contributed by atoms with Crippen molar-refractivity contribution in [2.24, 2.45) is 50.2 Å². The van der Waals surface area contributed by atoms with Crippen LogP contribution >= 0.6 is 0 Å². The first-order valence-corrected chi connectivity index (χ1v) is 20.8. The van der Waals surface area contributed by atoms with Gasteiger partial charge in [0, 0.05) is 0 Å². The summed E-state index contributed by atoms with van der Waals surface area (Å²) in [5.41, 5.74) is -3.13. The highest BCUT2D eigenvalue weighted by Gasteiger charge is 2.73. The number of carbonyl (C=O) groups is 2. The molecule has 6 fully saturated rings. The largest absolute Gasteiger partial charge is 0.481 e. The molecule has 0 aromatic rings.